The quantitative estimate of drug-likeness (QED) is 0.149. The summed E-state index contributed by atoms with van der Waals surface area (Å²) < 4.78 is 0.895. The van der Waals surface area contributed by atoms with Gasteiger partial charge in [-0.05, 0) is 25.8 Å². The van der Waals surface area contributed by atoms with E-state index in [1.807, 2.05) is 6.21 Å². The Hall–Kier alpha value is -0.670. The molecule has 0 bridgehead atoms. The van der Waals surface area contributed by atoms with Crippen molar-refractivity contribution in [3.05, 3.63) is 12.2 Å². The van der Waals surface area contributed by atoms with Crippen LogP contribution < -0.4 is 0 Å². The molecule has 1 N–H and O–H groups in total. The number of unbranched alkanes of at least 4 members (excludes halogenated alkanes) is 14. The van der Waals surface area contributed by atoms with Crippen LogP contribution in [0.1, 0.15) is 110 Å². The maximum atomic E-state index is 9.36. The number of hydrogen-bond donors (Lipinski definition) is 1. The molecule has 0 spiro atoms. The molecule has 0 saturated heterocycles. The van der Waals surface area contributed by atoms with Gasteiger partial charge in [-0.2, -0.15) is 0 Å². The van der Waals surface area contributed by atoms with E-state index in [1.165, 1.54) is 96.3 Å². The summed E-state index contributed by atoms with van der Waals surface area (Å²) in [6.07, 6.45) is 27.9. The normalized spacial score (nSPS) is 21.9. The lowest BCUT2D eigenvalue weighted by Gasteiger charge is -2.36. The number of allylic oxidation sites excluding steroid dienone is 1. The molecule has 3 nitrogen and oxygen atoms in total. The van der Waals surface area contributed by atoms with Gasteiger partial charge in [-0.15, -0.1) is 0 Å². The third kappa shape index (κ3) is 10.8. The van der Waals surface area contributed by atoms with Gasteiger partial charge >= 0.3 is 0 Å². The molecule has 28 heavy (non-hydrogen) atoms. The minimum absolute atomic E-state index is 0.226. The van der Waals surface area contributed by atoms with Crippen LogP contribution in [0, 0.1) is 0 Å². The highest BCUT2D eigenvalue weighted by Crippen LogP contribution is 2.20. The Kier molecular flexibility index (Phi) is 15.6. The number of aliphatic hydroxyl groups is 1. The lowest BCUT2D eigenvalue weighted by molar-refractivity contribution is -0.929. The third-order valence-corrected chi connectivity index (χ3v) is 6.47. The molecule has 0 saturated carbocycles. The molecule has 0 aromatic carbocycles. The zero-order valence-corrected chi connectivity index (χ0v) is 19.1. The van der Waals surface area contributed by atoms with E-state index in [9.17, 15) is 5.11 Å². The second kappa shape index (κ2) is 17.2. The molecule has 1 aliphatic heterocycles. The molecule has 0 radical (unpaired) electrons. The van der Waals surface area contributed by atoms with Crippen molar-refractivity contribution in [2.45, 2.75) is 116 Å². The predicted molar refractivity (Wildman–Crippen MR) is 124 cm³/mol. The third-order valence-electron chi connectivity index (χ3n) is 6.47. The van der Waals surface area contributed by atoms with E-state index in [2.05, 4.69) is 31.0 Å². The van der Waals surface area contributed by atoms with Gasteiger partial charge in [0.15, 0.2) is 0 Å². The summed E-state index contributed by atoms with van der Waals surface area (Å²) in [6, 6.07) is 0. The van der Waals surface area contributed by atoms with Crippen LogP contribution in [-0.4, -0.2) is 48.2 Å². The van der Waals surface area contributed by atoms with Crippen LogP contribution in [0.2, 0.25) is 0 Å². The van der Waals surface area contributed by atoms with Gasteiger partial charge in [0, 0.05) is 0 Å². The first-order chi connectivity index (χ1) is 13.8. The molecule has 1 rings (SSSR count). The van der Waals surface area contributed by atoms with Gasteiger partial charge in [0.05, 0.1) is 19.4 Å². The van der Waals surface area contributed by atoms with Crippen LogP contribution in [0.5, 0.6) is 0 Å². The number of hydrogen-bond acceptors (Lipinski definition) is 2. The predicted octanol–water partition coefficient (Wildman–Crippen LogP) is 6.65. The standard InChI is InChI=1S/C25H49N2O/c1-3-5-6-7-8-9-10-11-12-13-14-15-16-17-18-19-20-25-26-21-22-27(25,4-2)23-24-28/h19-21,25,28H,3-18,22-24H2,1-2H3/q+1/b20-19+. The average Bonchev–Trinajstić information content (AvgIpc) is 3.11. The molecular weight excluding hydrogens is 344 g/mol. The van der Waals surface area contributed by atoms with E-state index in [4.69, 9.17) is 0 Å². The van der Waals surface area contributed by atoms with Crippen molar-refractivity contribution in [1.29, 1.82) is 0 Å². The fourth-order valence-corrected chi connectivity index (χ4v) is 4.37. The summed E-state index contributed by atoms with van der Waals surface area (Å²) in [5.41, 5.74) is 0. The zero-order chi connectivity index (χ0) is 20.3. The van der Waals surface area contributed by atoms with E-state index in [1.54, 1.807) is 0 Å². The van der Waals surface area contributed by atoms with Gasteiger partial charge in [-0.25, -0.2) is 4.99 Å². The summed E-state index contributed by atoms with van der Waals surface area (Å²) in [5.74, 6) is 0. The second-order valence-electron chi connectivity index (χ2n) is 8.72. The Morgan fingerprint density at radius 3 is 1.89 bits per heavy atom. The Bertz CT molecular complexity index is 407. The monoisotopic (exact) mass is 393 g/mol. The van der Waals surface area contributed by atoms with E-state index in [0.29, 0.717) is 0 Å². The zero-order valence-electron chi connectivity index (χ0n) is 19.1. The highest BCUT2D eigenvalue weighted by Gasteiger charge is 2.35. The molecule has 0 aromatic heterocycles. The molecule has 2 atom stereocenters. The Morgan fingerprint density at radius 1 is 0.857 bits per heavy atom. The van der Waals surface area contributed by atoms with E-state index >= 15 is 0 Å². The van der Waals surface area contributed by atoms with Gasteiger partial charge in [-0.3, -0.25) is 4.48 Å². The van der Waals surface area contributed by atoms with Gasteiger partial charge in [0.2, 0.25) is 6.17 Å². The molecule has 0 fully saturated rings. The summed E-state index contributed by atoms with van der Waals surface area (Å²) in [7, 11) is 0. The van der Waals surface area contributed by atoms with Crippen LogP contribution >= 0.6 is 0 Å². The van der Waals surface area contributed by atoms with Crippen LogP contribution in [0.4, 0.5) is 0 Å². The molecule has 0 amide bonds. The Morgan fingerprint density at radius 2 is 1.39 bits per heavy atom. The van der Waals surface area contributed by atoms with Crippen LogP contribution in [0.25, 0.3) is 0 Å². The topological polar surface area (TPSA) is 32.6 Å². The number of likely N-dealkylation sites (N-methyl/N-ethyl adjacent to an activating group) is 1. The van der Waals surface area contributed by atoms with Crippen LogP contribution in [0.15, 0.2) is 17.1 Å². The molecule has 0 aliphatic carbocycles. The van der Waals surface area contributed by atoms with E-state index in [-0.39, 0.29) is 12.8 Å². The van der Waals surface area contributed by atoms with Gasteiger partial charge in [0.25, 0.3) is 0 Å². The number of aliphatic hydroxyl groups excluding tert-OH is 1. The molecular formula is C25H49N2O+. The molecule has 164 valence electrons. The molecule has 3 heteroatoms. The number of nitrogens with zero attached hydrogens (tertiary/aromatic N) is 2. The summed E-state index contributed by atoms with van der Waals surface area (Å²) in [6.45, 7) is 7.56. The van der Waals surface area contributed by atoms with Crippen molar-refractivity contribution < 1.29 is 9.59 Å². The molecule has 2 unspecified atom stereocenters. The molecule has 1 aliphatic rings. The summed E-state index contributed by atoms with van der Waals surface area (Å²) in [4.78, 5) is 4.64. The average molecular weight is 394 g/mol. The highest BCUT2D eigenvalue weighted by molar-refractivity contribution is 5.60. The minimum atomic E-state index is 0.226. The summed E-state index contributed by atoms with van der Waals surface area (Å²) in [5, 5.41) is 9.36. The maximum Gasteiger partial charge on any atom is 0.202 e. The molecule has 1 heterocycles. The molecule has 0 aromatic rings. The minimum Gasteiger partial charge on any atom is -0.391 e. The maximum absolute atomic E-state index is 9.36. The van der Waals surface area contributed by atoms with Crippen molar-refractivity contribution in [3.63, 3.8) is 0 Å². The Labute approximate surface area is 175 Å². The number of aliphatic imine (C=N–C) groups is 1. The van der Waals surface area contributed by atoms with Crippen molar-refractivity contribution in [3.8, 4) is 0 Å². The smallest absolute Gasteiger partial charge is 0.202 e. The van der Waals surface area contributed by atoms with E-state index < -0.39 is 0 Å². The fourth-order valence-electron chi connectivity index (χ4n) is 4.37. The number of rotatable bonds is 19. The first kappa shape index (κ1) is 25.4. The second-order valence-corrected chi connectivity index (χ2v) is 8.72. The van der Waals surface area contributed by atoms with Crippen LogP contribution in [-0.2, 0) is 0 Å². The first-order valence-electron chi connectivity index (χ1n) is 12.4. The van der Waals surface area contributed by atoms with Crippen LogP contribution in [0.3, 0.4) is 0 Å². The van der Waals surface area contributed by atoms with Crippen molar-refractivity contribution >= 4 is 6.21 Å². The van der Waals surface area contributed by atoms with Gasteiger partial charge < -0.3 is 5.11 Å². The van der Waals surface area contributed by atoms with E-state index in [0.717, 1.165) is 24.1 Å². The van der Waals surface area contributed by atoms with Crippen molar-refractivity contribution in [1.82, 2.24) is 0 Å². The Balaban J connectivity index is 1.91. The lowest BCUT2D eigenvalue weighted by Crippen LogP contribution is -2.53. The van der Waals surface area contributed by atoms with Crippen molar-refractivity contribution in [2.75, 3.05) is 26.2 Å². The lowest BCUT2D eigenvalue weighted by atomic mass is 10.0. The largest absolute Gasteiger partial charge is 0.391 e. The first-order valence-corrected chi connectivity index (χ1v) is 12.4. The fraction of sp³-hybridized carbons (Fsp3) is 0.880. The highest BCUT2D eigenvalue weighted by atomic mass is 16.3. The van der Waals surface area contributed by atoms with Crippen molar-refractivity contribution in [2.24, 2.45) is 4.99 Å². The SMILES string of the molecule is CCCCCCCCCCCCCCCC/C=C/C1N=CC[N+]1(CC)CCO. The van der Waals surface area contributed by atoms with Gasteiger partial charge in [-0.1, -0.05) is 96.5 Å². The van der Waals surface area contributed by atoms with Gasteiger partial charge in [0.1, 0.15) is 13.1 Å². The summed E-state index contributed by atoms with van der Waals surface area (Å²) >= 11 is 0. The number of quaternary nitrogens is 1.